The predicted octanol–water partition coefficient (Wildman–Crippen LogP) is 3.69. The second-order valence-corrected chi connectivity index (χ2v) is 4.48. The first kappa shape index (κ1) is 13.6. The Morgan fingerprint density at radius 3 is 2.53 bits per heavy atom. The molecule has 0 aliphatic carbocycles. The van der Waals surface area contributed by atoms with Crippen LogP contribution in [0.15, 0.2) is 48.5 Å². The SMILES string of the molecule is COc1ccc(C(C)NCc2ccccc2)cc1F. The van der Waals surface area contributed by atoms with Gasteiger partial charge < -0.3 is 10.1 Å². The van der Waals surface area contributed by atoms with E-state index in [0.717, 1.165) is 12.1 Å². The fraction of sp³-hybridized carbons (Fsp3) is 0.250. The van der Waals surface area contributed by atoms with Crippen molar-refractivity contribution in [2.45, 2.75) is 19.5 Å². The molecule has 100 valence electrons. The van der Waals surface area contributed by atoms with Gasteiger partial charge in [0.25, 0.3) is 0 Å². The summed E-state index contributed by atoms with van der Waals surface area (Å²) in [5.74, 6) is -0.0487. The number of hydrogen-bond donors (Lipinski definition) is 1. The van der Waals surface area contributed by atoms with Crippen LogP contribution in [0.4, 0.5) is 4.39 Å². The van der Waals surface area contributed by atoms with Gasteiger partial charge in [0, 0.05) is 12.6 Å². The minimum Gasteiger partial charge on any atom is -0.494 e. The number of methoxy groups -OCH3 is 1. The van der Waals surface area contributed by atoms with Crippen molar-refractivity contribution in [3.8, 4) is 5.75 Å². The molecule has 0 bridgehead atoms. The molecule has 2 nitrogen and oxygen atoms in total. The molecule has 1 unspecified atom stereocenters. The summed E-state index contributed by atoms with van der Waals surface area (Å²) in [6.45, 7) is 2.78. The van der Waals surface area contributed by atoms with Gasteiger partial charge in [0.1, 0.15) is 0 Å². The summed E-state index contributed by atoms with van der Waals surface area (Å²) in [5, 5.41) is 3.37. The summed E-state index contributed by atoms with van der Waals surface area (Å²) in [4.78, 5) is 0. The Morgan fingerprint density at radius 2 is 1.89 bits per heavy atom. The normalized spacial score (nSPS) is 12.2. The van der Waals surface area contributed by atoms with Gasteiger partial charge in [0.2, 0.25) is 0 Å². The lowest BCUT2D eigenvalue weighted by Gasteiger charge is -2.15. The van der Waals surface area contributed by atoms with Gasteiger partial charge in [-0.3, -0.25) is 0 Å². The second kappa shape index (κ2) is 6.34. The molecule has 0 heterocycles. The van der Waals surface area contributed by atoms with E-state index in [2.05, 4.69) is 17.4 Å². The van der Waals surface area contributed by atoms with Gasteiger partial charge in [-0.2, -0.15) is 0 Å². The molecule has 3 heteroatoms. The van der Waals surface area contributed by atoms with Crippen LogP contribution in [0.25, 0.3) is 0 Å². The molecular weight excluding hydrogens is 241 g/mol. The molecule has 0 fully saturated rings. The topological polar surface area (TPSA) is 21.3 Å². The van der Waals surface area contributed by atoms with E-state index < -0.39 is 0 Å². The quantitative estimate of drug-likeness (QED) is 0.884. The largest absolute Gasteiger partial charge is 0.494 e. The molecule has 0 spiro atoms. The van der Waals surface area contributed by atoms with Crippen molar-refractivity contribution in [1.82, 2.24) is 5.32 Å². The van der Waals surface area contributed by atoms with Gasteiger partial charge in [0.05, 0.1) is 7.11 Å². The van der Waals surface area contributed by atoms with E-state index in [0.29, 0.717) is 0 Å². The van der Waals surface area contributed by atoms with Crippen molar-refractivity contribution in [2.24, 2.45) is 0 Å². The van der Waals surface area contributed by atoms with Crippen molar-refractivity contribution < 1.29 is 9.13 Å². The molecule has 0 aliphatic heterocycles. The zero-order valence-electron chi connectivity index (χ0n) is 11.2. The number of ether oxygens (including phenoxy) is 1. The van der Waals surface area contributed by atoms with E-state index in [1.54, 1.807) is 6.07 Å². The summed E-state index contributed by atoms with van der Waals surface area (Å²) >= 11 is 0. The maximum Gasteiger partial charge on any atom is 0.165 e. The third kappa shape index (κ3) is 3.55. The highest BCUT2D eigenvalue weighted by molar-refractivity contribution is 5.30. The first-order chi connectivity index (χ1) is 9.20. The van der Waals surface area contributed by atoms with Crippen LogP contribution in [0.3, 0.4) is 0 Å². The Balaban J connectivity index is 2.00. The van der Waals surface area contributed by atoms with Gasteiger partial charge in [-0.05, 0) is 30.2 Å². The van der Waals surface area contributed by atoms with Crippen LogP contribution in [0, 0.1) is 5.82 Å². The molecule has 0 aliphatic rings. The van der Waals surface area contributed by atoms with Crippen molar-refractivity contribution >= 4 is 0 Å². The highest BCUT2D eigenvalue weighted by Crippen LogP contribution is 2.21. The number of hydrogen-bond acceptors (Lipinski definition) is 2. The molecule has 2 rings (SSSR count). The van der Waals surface area contributed by atoms with Crippen LogP contribution in [0.2, 0.25) is 0 Å². The third-order valence-electron chi connectivity index (χ3n) is 3.13. The second-order valence-electron chi connectivity index (χ2n) is 4.48. The summed E-state index contributed by atoms with van der Waals surface area (Å²) in [6, 6.07) is 15.3. The van der Waals surface area contributed by atoms with Gasteiger partial charge in [0.15, 0.2) is 11.6 Å². The van der Waals surface area contributed by atoms with Gasteiger partial charge in [-0.15, -0.1) is 0 Å². The number of nitrogens with one attached hydrogen (secondary N) is 1. The first-order valence-electron chi connectivity index (χ1n) is 6.31. The Hall–Kier alpha value is -1.87. The van der Waals surface area contributed by atoms with Crippen LogP contribution in [-0.2, 0) is 6.54 Å². The predicted molar refractivity (Wildman–Crippen MR) is 74.6 cm³/mol. The fourth-order valence-corrected chi connectivity index (χ4v) is 1.94. The Labute approximate surface area is 113 Å². The minimum absolute atomic E-state index is 0.0839. The van der Waals surface area contributed by atoms with E-state index in [4.69, 9.17) is 4.74 Å². The number of benzene rings is 2. The average Bonchev–Trinajstić information content (AvgIpc) is 2.45. The molecule has 2 aromatic rings. The van der Waals surface area contributed by atoms with Gasteiger partial charge >= 0.3 is 0 Å². The van der Waals surface area contributed by atoms with Gasteiger partial charge in [-0.1, -0.05) is 36.4 Å². The van der Waals surface area contributed by atoms with E-state index in [1.807, 2.05) is 31.2 Å². The molecule has 0 radical (unpaired) electrons. The van der Waals surface area contributed by atoms with Crippen LogP contribution in [0.5, 0.6) is 5.75 Å². The molecule has 19 heavy (non-hydrogen) atoms. The molecule has 2 aromatic carbocycles. The zero-order valence-corrected chi connectivity index (χ0v) is 11.2. The highest BCUT2D eigenvalue weighted by Gasteiger charge is 2.09. The van der Waals surface area contributed by atoms with Crippen molar-refractivity contribution in [3.05, 3.63) is 65.5 Å². The fourth-order valence-electron chi connectivity index (χ4n) is 1.94. The Kier molecular flexibility index (Phi) is 4.53. The summed E-state index contributed by atoms with van der Waals surface area (Å²) < 4.78 is 18.5. The summed E-state index contributed by atoms with van der Waals surface area (Å²) in [7, 11) is 1.47. The Bertz CT molecular complexity index is 528. The van der Waals surface area contributed by atoms with E-state index in [9.17, 15) is 4.39 Å². The van der Waals surface area contributed by atoms with Crippen LogP contribution >= 0.6 is 0 Å². The maximum absolute atomic E-state index is 13.6. The third-order valence-corrected chi connectivity index (χ3v) is 3.13. The lowest BCUT2D eigenvalue weighted by molar-refractivity contribution is 0.385. The lowest BCUT2D eigenvalue weighted by atomic mass is 10.1. The molecule has 1 atom stereocenters. The first-order valence-corrected chi connectivity index (χ1v) is 6.31. The van der Waals surface area contributed by atoms with Crippen molar-refractivity contribution in [2.75, 3.05) is 7.11 Å². The maximum atomic E-state index is 13.6. The standard InChI is InChI=1S/C16H18FNO/c1-12(18-11-13-6-4-3-5-7-13)14-8-9-16(19-2)15(17)10-14/h3-10,12,18H,11H2,1-2H3. The molecule has 0 amide bonds. The van der Waals surface area contributed by atoms with E-state index in [1.165, 1.54) is 18.7 Å². The molecular formula is C16H18FNO. The summed E-state index contributed by atoms with van der Waals surface area (Å²) in [5.41, 5.74) is 2.12. The highest BCUT2D eigenvalue weighted by atomic mass is 19.1. The number of rotatable bonds is 5. The Morgan fingerprint density at radius 1 is 1.16 bits per heavy atom. The zero-order chi connectivity index (χ0) is 13.7. The molecule has 0 aromatic heterocycles. The van der Waals surface area contributed by atoms with Crippen LogP contribution in [-0.4, -0.2) is 7.11 Å². The average molecular weight is 259 g/mol. The smallest absolute Gasteiger partial charge is 0.165 e. The van der Waals surface area contributed by atoms with Crippen LogP contribution in [0.1, 0.15) is 24.1 Å². The summed E-state index contributed by atoms with van der Waals surface area (Å²) in [6.07, 6.45) is 0. The van der Waals surface area contributed by atoms with E-state index in [-0.39, 0.29) is 17.6 Å². The van der Waals surface area contributed by atoms with Crippen molar-refractivity contribution in [3.63, 3.8) is 0 Å². The number of halogens is 1. The molecule has 1 N–H and O–H groups in total. The van der Waals surface area contributed by atoms with Crippen molar-refractivity contribution in [1.29, 1.82) is 0 Å². The lowest BCUT2D eigenvalue weighted by Crippen LogP contribution is -2.18. The van der Waals surface area contributed by atoms with E-state index >= 15 is 0 Å². The molecule has 0 saturated heterocycles. The molecule has 0 saturated carbocycles. The van der Waals surface area contributed by atoms with Crippen LogP contribution < -0.4 is 10.1 Å². The van der Waals surface area contributed by atoms with Gasteiger partial charge in [-0.25, -0.2) is 4.39 Å². The monoisotopic (exact) mass is 259 g/mol. The minimum atomic E-state index is -0.326.